The van der Waals surface area contributed by atoms with Crippen molar-refractivity contribution in [3.63, 3.8) is 0 Å². The number of piperidine rings is 1. The van der Waals surface area contributed by atoms with E-state index >= 15 is 0 Å². The molecule has 1 aromatic rings. The Labute approximate surface area is 138 Å². The number of carbonyl (C=O) groups excluding carboxylic acids is 1. The Morgan fingerprint density at radius 3 is 2.83 bits per heavy atom. The van der Waals surface area contributed by atoms with Gasteiger partial charge in [-0.25, -0.2) is 0 Å². The molecule has 1 aliphatic heterocycles. The Morgan fingerprint density at radius 1 is 1.39 bits per heavy atom. The summed E-state index contributed by atoms with van der Waals surface area (Å²) < 4.78 is 11.1. The highest BCUT2D eigenvalue weighted by molar-refractivity contribution is 5.95. The number of carbonyl (C=O) groups is 1. The monoisotopic (exact) mass is 320 g/mol. The van der Waals surface area contributed by atoms with Crippen LogP contribution in [0.1, 0.15) is 43.5 Å². The normalized spacial score (nSPS) is 18.1. The van der Waals surface area contributed by atoms with E-state index in [1.807, 2.05) is 11.0 Å². The molecule has 1 heterocycles. The van der Waals surface area contributed by atoms with Crippen LogP contribution in [0.4, 0.5) is 0 Å². The number of nitrogens with zero attached hydrogens (tertiary/aromatic N) is 1. The van der Waals surface area contributed by atoms with E-state index in [1.54, 1.807) is 19.2 Å². The Bertz CT molecular complexity index is 531. The van der Waals surface area contributed by atoms with Crippen LogP contribution >= 0.6 is 0 Å². The predicted octanol–water partition coefficient (Wildman–Crippen LogP) is 2.68. The van der Waals surface area contributed by atoms with Gasteiger partial charge in [-0.05, 0) is 43.4 Å². The van der Waals surface area contributed by atoms with Crippen molar-refractivity contribution < 1.29 is 14.3 Å². The van der Waals surface area contributed by atoms with E-state index in [9.17, 15) is 4.79 Å². The van der Waals surface area contributed by atoms with Crippen molar-refractivity contribution >= 4 is 5.91 Å². The van der Waals surface area contributed by atoms with E-state index in [2.05, 4.69) is 13.8 Å². The first-order valence-corrected chi connectivity index (χ1v) is 8.37. The summed E-state index contributed by atoms with van der Waals surface area (Å²) in [6.07, 6.45) is 2.92. The summed E-state index contributed by atoms with van der Waals surface area (Å²) in [6.45, 7) is 6.34. The lowest BCUT2D eigenvalue weighted by molar-refractivity contribution is 0.0708. The molecule has 1 aromatic carbocycles. The van der Waals surface area contributed by atoms with Gasteiger partial charge < -0.3 is 20.1 Å². The van der Waals surface area contributed by atoms with Crippen LogP contribution in [0.15, 0.2) is 18.2 Å². The van der Waals surface area contributed by atoms with Crippen LogP contribution in [0.5, 0.6) is 11.5 Å². The van der Waals surface area contributed by atoms with Gasteiger partial charge in [0.25, 0.3) is 5.91 Å². The van der Waals surface area contributed by atoms with E-state index in [0.717, 1.165) is 25.8 Å². The number of ether oxygens (including phenoxy) is 2. The van der Waals surface area contributed by atoms with Gasteiger partial charge in [0.05, 0.1) is 13.7 Å². The van der Waals surface area contributed by atoms with E-state index in [4.69, 9.17) is 15.2 Å². The molecule has 2 N–H and O–H groups in total. The SMILES string of the molecule is COc1cc(C(=O)N2CCCC(N)C2)ccc1OCCC(C)C. The molecule has 2 rings (SSSR count). The molecule has 23 heavy (non-hydrogen) atoms. The first-order chi connectivity index (χ1) is 11.0. The summed E-state index contributed by atoms with van der Waals surface area (Å²) in [5.74, 6) is 1.87. The summed E-state index contributed by atoms with van der Waals surface area (Å²) in [6, 6.07) is 5.45. The van der Waals surface area contributed by atoms with Crippen molar-refractivity contribution in [2.75, 3.05) is 26.8 Å². The van der Waals surface area contributed by atoms with Gasteiger partial charge in [0.1, 0.15) is 0 Å². The zero-order valence-electron chi connectivity index (χ0n) is 14.4. The molecule has 0 saturated carbocycles. The summed E-state index contributed by atoms with van der Waals surface area (Å²) >= 11 is 0. The predicted molar refractivity (Wildman–Crippen MR) is 91.1 cm³/mol. The first-order valence-electron chi connectivity index (χ1n) is 8.37. The van der Waals surface area contributed by atoms with Gasteiger partial charge in [0.2, 0.25) is 0 Å². The molecular formula is C18H28N2O3. The number of nitrogens with two attached hydrogens (primary N) is 1. The number of likely N-dealkylation sites (tertiary alicyclic amines) is 1. The van der Waals surface area contributed by atoms with Crippen molar-refractivity contribution in [3.05, 3.63) is 23.8 Å². The molecule has 128 valence electrons. The van der Waals surface area contributed by atoms with Crippen molar-refractivity contribution in [3.8, 4) is 11.5 Å². The van der Waals surface area contributed by atoms with Crippen LogP contribution in [0, 0.1) is 5.92 Å². The molecule has 1 unspecified atom stereocenters. The number of benzene rings is 1. The molecule has 5 nitrogen and oxygen atoms in total. The quantitative estimate of drug-likeness (QED) is 0.875. The maximum Gasteiger partial charge on any atom is 0.254 e. The highest BCUT2D eigenvalue weighted by Crippen LogP contribution is 2.29. The third-order valence-corrected chi connectivity index (χ3v) is 4.11. The van der Waals surface area contributed by atoms with Gasteiger partial charge in [-0.1, -0.05) is 13.8 Å². The smallest absolute Gasteiger partial charge is 0.254 e. The number of hydrogen-bond donors (Lipinski definition) is 1. The topological polar surface area (TPSA) is 64.8 Å². The minimum atomic E-state index is 0.00665. The Morgan fingerprint density at radius 2 is 2.17 bits per heavy atom. The molecule has 0 aliphatic carbocycles. The zero-order chi connectivity index (χ0) is 16.8. The highest BCUT2D eigenvalue weighted by atomic mass is 16.5. The number of methoxy groups -OCH3 is 1. The Kier molecular flexibility index (Phi) is 6.28. The average molecular weight is 320 g/mol. The largest absolute Gasteiger partial charge is 0.493 e. The van der Waals surface area contributed by atoms with Gasteiger partial charge >= 0.3 is 0 Å². The van der Waals surface area contributed by atoms with E-state index in [0.29, 0.717) is 36.1 Å². The fourth-order valence-corrected chi connectivity index (χ4v) is 2.70. The summed E-state index contributed by atoms with van der Waals surface area (Å²) in [5.41, 5.74) is 6.58. The molecule has 1 saturated heterocycles. The van der Waals surface area contributed by atoms with Crippen molar-refractivity contribution in [1.29, 1.82) is 0 Å². The fraction of sp³-hybridized carbons (Fsp3) is 0.611. The molecular weight excluding hydrogens is 292 g/mol. The van der Waals surface area contributed by atoms with Gasteiger partial charge in [0.15, 0.2) is 11.5 Å². The minimum absolute atomic E-state index is 0.00665. The van der Waals surface area contributed by atoms with Gasteiger partial charge in [-0.3, -0.25) is 4.79 Å². The second-order valence-corrected chi connectivity index (χ2v) is 6.55. The third-order valence-electron chi connectivity index (χ3n) is 4.11. The molecule has 0 spiro atoms. The Hall–Kier alpha value is -1.75. The number of rotatable bonds is 6. The fourth-order valence-electron chi connectivity index (χ4n) is 2.70. The molecule has 1 atom stereocenters. The van der Waals surface area contributed by atoms with Crippen molar-refractivity contribution in [2.24, 2.45) is 11.7 Å². The summed E-state index contributed by atoms with van der Waals surface area (Å²) in [4.78, 5) is 14.4. The van der Waals surface area contributed by atoms with Crippen LogP contribution in [0.2, 0.25) is 0 Å². The zero-order valence-corrected chi connectivity index (χ0v) is 14.4. The van der Waals surface area contributed by atoms with Crippen LogP contribution in [0.25, 0.3) is 0 Å². The molecule has 0 radical (unpaired) electrons. The summed E-state index contributed by atoms with van der Waals surface area (Å²) in [5, 5.41) is 0. The van der Waals surface area contributed by atoms with Crippen LogP contribution < -0.4 is 15.2 Å². The van der Waals surface area contributed by atoms with Gasteiger partial charge in [-0.2, -0.15) is 0 Å². The average Bonchev–Trinajstić information content (AvgIpc) is 2.54. The number of hydrogen-bond acceptors (Lipinski definition) is 4. The minimum Gasteiger partial charge on any atom is -0.493 e. The van der Waals surface area contributed by atoms with E-state index < -0.39 is 0 Å². The first kappa shape index (κ1) is 17.6. The lowest BCUT2D eigenvalue weighted by Gasteiger charge is -2.31. The van der Waals surface area contributed by atoms with E-state index in [-0.39, 0.29) is 11.9 Å². The van der Waals surface area contributed by atoms with Crippen LogP contribution in [-0.4, -0.2) is 43.7 Å². The van der Waals surface area contributed by atoms with Crippen molar-refractivity contribution in [2.45, 2.75) is 39.2 Å². The third kappa shape index (κ3) is 4.86. The molecule has 1 amide bonds. The van der Waals surface area contributed by atoms with Gasteiger partial charge in [0, 0.05) is 24.7 Å². The maximum absolute atomic E-state index is 12.6. The Balaban J connectivity index is 2.06. The van der Waals surface area contributed by atoms with E-state index in [1.165, 1.54) is 0 Å². The van der Waals surface area contributed by atoms with Crippen LogP contribution in [0.3, 0.4) is 0 Å². The molecule has 0 bridgehead atoms. The van der Waals surface area contributed by atoms with Crippen molar-refractivity contribution in [1.82, 2.24) is 4.90 Å². The lowest BCUT2D eigenvalue weighted by atomic mass is 10.1. The maximum atomic E-state index is 12.6. The summed E-state index contributed by atoms with van der Waals surface area (Å²) in [7, 11) is 1.59. The highest BCUT2D eigenvalue weighted by Gasteiger charge is 2.23. The number of amides is 1. The standard InChI is InChI=1S/C18H28N2O3/c1-13(2)8-10-23-16-7-6-14(11-17(16)22-3)18(21)20-9-4-5-15(19)12-20/h6-7,11,13,15H,4-5,8-10,12,19H2,1-3H3. The second-order valence-electron chi connectivity index (χ2n) is 6.55. The lowest BCUT2D eigenvalue weighted by Crippen LogP contribution is -2.45. The second kappa shape index (κ2) is 8.20. The molecule has 5 heteroatoms. The molecule has 1 fully saturated rings. The molecule has 1 aliphatic rings. The van der Waals surface area contributed by atoms with Crippen LogP contribution in [-0.2, 0) is 0 Å². The molecule has 0 aromatic heterocycles. The van der Waals surface area contributed by atoms with Gasteiger partial charge in [-0.15, -0.1) is 0 Å².